The topological polar surface area (TPSA) is 42.2 Å². The molecular weight excluding hydrogens is 190 g/mol. The van der Waals surface area contributed by atoms with Crippen molar-refractivity contribution in [1.29, 1.82) is 0 Å². The van der Waals surface area contributed by atoms with Crippen LogP contribution in [0.25, 0.3) is 10.9 Å². The van der Waals surface area contributed by atoms with Crippen molar-refractivity contribution in [3.05, 3.63) is 35.5 Å². The predicted molar refractivity (Wildman–Crippen MR) is 59.0 cm³/mol. The predicted octanol–water partition coefficient (Wildman–Crippen LogP) is 2.11. The normalized spacial score (nSPS) is 10.8. The number of nitrogens with zero attached hydrogens (tertiary/aromatic N) is 1. The first-order chi connectivity index (χ1) is 7.09. The Morgan fingerprint density at radius 3 is 2.87 bits per heavy atom. The third-order valence-electron chi connectivity index (χ3n) is 2.64. The van der Waals surface area contributed by atoms with Crippen LogP contribution in [0.2, 0.25) is 0 Å². The Kier molecular flexibility index (Phi) is 2.23. The number of hydrogen-bond acceptors (Lipinski definition) is 1. The zero-order chi connectivity index (χ0) is 11.0. The van der Waals surface area contributed by atoms with Gasteiger partial charge in [-0.2, -0.15) is 0 Å². The standard InChI is InChI=1S/C12H13NO2/c1-8-4-3-5-10-12(8)9(6-11(14)15)7-13(10)2/h3-5,7H,6H2,1-2H3,(H,14,15). The highest BCUT2D eigenvalue weighted by Gasteiger charge is 2.10. The molecule has 2 aromatic rings. The largest absolute Gasteiger partial charge is 0.481 e. The molecule has 0 saturated heterocycles. The number of aromatic nitrogens is 1. The Bertz CT molecular complexity index is 526. The van der Waals surface area contributed by atoms with Gasteiger partial charge in [-0.05, 0) is 24.1 Å². The molecule has 1 N–H and O–H groups in total. The molecule has 0 aliphatic heterocycles. The molecule has 0 aliphatic carbocycles. The van der Waals surface area contributed by atoms with E-state index in [1.807, 2.05) is 42.9 Å². The first-order valence-electron chi connectivity index (χ1n) is 4.85. The Labute approximate surface area is 87.9 Å². The summed E-state index contributed by atoms with van der Waals surface area (Å²) in [7, 11) is 1.94. The van der Waals surface area contributed by atoms with Crippen molar-refractivity contribution in [2.24, 2.45) is 7.05 Å². The molecule has 0 radical (unpaired) electrons. The summed E-state index contributed by atoms with van der Waals surface area (Å²) in [5, 5.41) is 9.89. The number of carbonyl (C=O) groups is 1. The molecule has 78 valence electrons. The number of aryl methyl sites for hydroxylation is 2. The number of aliphatic carboxylic acids is 1. The van der Waals surface area contributed by atoms with Gasteiger partial charge in [0.05, 0.1) is 6.42 Å². The fourth-order valence-electron chi connectivity index (χ4n) is 2.03. The molecule has 0 fully saturated rings. The number of carboxylic acid groups (broad SMARTS) is 1. The molecule has 1 aromatic carbocycles. The molecule has 0 atom stereocenters. The van der Waals surface area contributed by atoms with Crippen LogP contribution in [0.5, 0.6) is 0 Å². The molecule has 1 heterocycles. The van der Waals surface area contributed by atoms with Crippen LogP contribution in [0.4, 0.5) is 0 Å². The van der Waals surface area contributed by atoms with Crippen molar-refractivity contribution in [2.75, 3.05) is 0 Å². The summed E-state index contributed by atoms with van der Waals surface area (Å²) in [6, 6.07) is 6.00. The van der Waals surface area contributed by atoms with E-state index < -0.39 is 5.97 Å². The molecule has 3 nitrogen and oxygen atoms in total. The van der Waals surface area contributed by atoms with E-state index in [0.29, 0.717) is 0 Å². The van der Waals surface area contributed by atoms with Gasteiger partial charge < -0.3 is 9.67 Å². The average molecular weight is 203 g/mol. The maximum atomic E-state index is 10.7. The molecule has 3 heteroatoms. The fourth-order valence-corrected chi connectivity index (χ4v) is 2.03. The van der Waals surface area contributed by atoms with E-state index in [0.717, 1.165) is 22.0 Å². The Morgan fingerprint density at radius 2 is 2.20 bits per heavy atom. The number of rotatable bonds is 2. The maximum absolute atomic E-state index is 10.7. The minimum atomic E-state index is -0.786. The first kappa shape index (κ1) is 9.77. The van der Waals surface area contributed by atoms with Crippen molar-refractivity contribution < 1.29 is 9.90 Å². The van der Waals surface area contributed by atoms with Crippen molar-refractivity contribution >= 4 is 16.9 Å². The van der Waals surface area contributed by atoms with E-state index in [1.54, 1.807) is 0 Å². The van der Waals surface area contributed by atoms with Crippen molar-refractivity contribution in [2.45, 2.75) is 13.3 Å². The lowest BCUT2D eigenvalue weighted by Crippen LogP contribution is -1.99. The molecular formula is C12H13NO2. The van der Waals surface area contributed by atoms with Crippen molar-refractivity contribution in [1.82, 2.24) is 4.57 Å². The van der Waals surface area contributed by atoms with E-state index in [-0.39, 0.29) is 6.42 Å². The summed E-state index contributed by atoms with van der Waals surface area (Å²) in [5.74, 6) is -0.786. The lowest BCUT2D eigenvalue weighted by atomic mass is 10.1. The SMILES string of the molecule is Cc1cccc2c1c(CC(=O)O)cn2C. The third-order valence-corrected chi connectivity index (χ3v) is 2.64. The van der Waals surface area contributed by atoms with Crippen LogP contribution in [0.3, 0.4) is 0 Å². The third kappa shape index (κ3) is 1.61. The van der Waals surface area contributed by atoms with Gasteiger partial charge in [-0.3, -0.25) is 4.79 Å². The van der Waals surface area contributed by atoms with Gasteiger partial charge in [-0.25, -0.2) is 0 Å². The molecule has 1 aromatic heterocycles. The van der Waals surface area contributed by atoms with Crippen LogP contribution in [0, 0.1) is 6.92 Å². The monoisotopic (exact) mass is 203 g/mol. The smallest absolute Gasteiger partial charge is 0.307 e. The number of carboxylic acids is 1. The maximum Gasteiger partial charge on any atom is 0.307 e. The molecule has 2 rings (SSSR count). The van der Waals surface area contributed by atoms with E-state index in [9.17, 15) is 4.79 Å². The highest BCUT2D eigenvalue weighted by atomic mass is 16.4. The fraction of sp³-hybridized carbons (Fsp3) is 0.250. The second-order valence-corrected chi connectivity index (χ2v) is 3.80. The zero-order valence-electron chi connectivity index (χ0n) is 8.82. The Hall–Kier alpha value is -1.77. The average Bonchev–Trinajstić information content (AvgIpc) is 2.44. The highest BCUT2D eigenvalue weighted by Crippen LogP contribution is 2.24. The van der Waals surface area contributed by atoms with Crippen molar-refractivity contribution in [3.63, 3.8) is 0 Å². The van der Waals surface area contributed by atoms with Crippen LogP contribution in [-0.4, -0.2) is 15.6 Å². The van der Waals surface area contributed by atoms with E-state index in [2.05, 4.69) is 0 Å². The van der Waals surface area contributed by atoms with Crippen LogP contribution in [0.1, 0.15) is 11.1 Å². The van der Waals surface area contributed by atoms with Gasteiger partial charge in [0.2, 0.25) is 0 Å². The van der Waals surface area contributed by atoms with Gasteiger partial charge in [0.15, 0.2) is 0 Å². The number of benzene rings is 1. The summed E-state index contributed by atoms with van der Waals surface area (Å²) < 4.78 is 1.97. The molecule has 0 unspecified atom stereocenters. The van der Waals surface area contributed by atoms with E-state index in [4.69, 9.17) is 5.11 Å². The minimum absolute atomic E-state index is 0.0855. The highest BCUT2D eigenvalue weighted by molar-refractivity contribution is 5.90. The molecule has 0 amide bonds. The van der Waals surface area contributed by atoms with Gasteiger partial charge in [0.1, 0.15) is 0 Å². The molecule has 0 spiro atoms. The van der Waals surface area contributed by atoms with E-state index >= 15 is 0 Å². The molecule has 15 heavy (non-hydrogen) atoms. The molecule has 0 aliphatic rings. The second kappa shape index (κ2) is 3.42. The summed E-state index contributed by atoms with van der Waals surface area (Å²) in [6.45, 7) is 2.01. The summed E-state index contributed by atoms with van der Waals surface area (Å²) in [4.78, 5) is 10.7. The van der Waals surface area contributed by atoms with Gasteiger partial charge >= 0.3 is 5.97 Å². The minimum Gasteiger partial charge on any atom is -0.481 e. The Morgan fingerprint density at radius 1 is 1.47 bits per heavy atom. The molecule has 0 bridgehead atoms. The second-order valence-electron chi connectivity index (χ2n) is 3.80. The van der Waals surface area contributed by atoms with Crippen LogP contribution >= 0.6 is 0 Å². The van der Waals surface area contributed by atoms with Gasteiger partial charge in [-0.1, -0.05) is 12.1 Å². The Balaban J connectivity index is 2.70. The van der Waals surface area contributed by atoms with Crippen molar-refractivity contribution in [3.8, 4) is 0 Å². The number of hydrogen-bond donors (Lipinski definition) is 1. The summed E-state index contributed by atoms with van der Waals surface area (Å²) >= 11 is 0. The van der Waals surface area contributed by atoms with Gasteiger partial charge in [-0.15, -0.1) is 0 Å². The van der Waals surface area contributed by atoms with E-state index in [1.165, 1.54) is 0 Å². The lowest BCUT2D eigenvalue weighted by Gasteiger charge is -1.99. The van der Waals surface area contributed by atoms with Crippen LogP contribution in [-0.2, 0) is 18.3 Å². The number of fused-ring (bicyclic) bond motifs is 1. The molecule has 0 saturated carbocycles. The summed E-state index contributed by atoms with van der Waals surface area (Å²) in [6.07, 6.45) is 1.98. The summed E-state index contributed by atoms with van der Waals surface area (Å²) in [5.41, 5.74) is 3.11. The lowest BCUT2D eigenvalue weighted by molar-refractivity contribution is -0.136. The quantitative estimate of drug-likeness (QED) is 0.812. The zero-order valence-corrected chi connectivity index (χ0v) is 8.82. The van der Waals surface area contributed by atoms with Gasteiger partial charge in [0.25, 0.3) is 0 Å². The van der Waals surface area contributed by atoms with Gasteiger partial charge in [0, 0.05) is 24.1 Å². The van der Waals surface area contributed by atoms with Crippen LogP contribution < -0.4 is 0 Å². The van der Waals surface area contributed by atoms with Crippen LogP contribution in [0.15, 0.2) is 24.4 Å². The first-order valence-corrected chi connectivity index (χ1v) is 4.85.